The molecule has 0 saturated carbocycles. The normalized spacial score (nSPS) is 15.9. The highest BCUT2D eigenvalue weighted by Gasteiger charge is 2.40. The first-order chi connectivity index (χ1) is 17.6. The van der Waals surface area contributed by atoms with Crippen LogP contribution in [0.15, 0.2) is 48.5 Å². The van der Waals surface area contributed by atoms with Gasteiger partial charge >= 0.3 is 0 Å². The molecular weight excluding hydrogens is 491 g/mol. The Morgan fingerprint density at radius 2 is 1.89 bits per heavy atom. The van der Waals surface area contributed by atoms with Gasteiger partial charge in [0.25, 0.3) is 0 Å². The van der Waals surface area contributed by atoms with Gasteiger partial charge in [-0.3, -0.25) is 14.5 Å². The van der Waals surface area contributed by atoms with Gasteiger partial charge in [0.15, 0.2) is 0 Å². The first-order valence-electron chi connectivity index (χ1n) is 12.2. The van der Waals surface area contributed by atoms with Crippen LogP contribution in [-0.4, -0.2) is 54.2 Å². The molecule has 0 bridgehead atoms. The lowest BCUT2D eigenvalue weighted by Gasteiger charge is -2.25. The summed E-state index contributed by atoms with van der Waals surface area (Å²) in [7, 11) is 1.56. The molecule has 0 spiro atoms. The van der Waals surface area contributed by atoms with Gasteiger partial charge in [-0.15, -0.1) is 11.8 Å². The minimum Gasteiger partial charge on any atom is -0.383 e. The molecule has 37 heavy (non-hydrogen) atoms. The van der Waals surface area contributed by atoms with Gasteiger partial charge in [-0.2, -0.15) is 5.10 Å². The third kappa shape index (κ3) is 5.72. The molecule has 4 rings (SSSR count). The van der Waals surface area contributed by atoms with Gasteiger partial charge in [0.1, 0.15) is 18.2 Å². The third-order valence-corrected chi connectivity index (χ3v) is 7.51. The van der Waals surface area contributed by atoms with E-state index in [9.17, 15) is 14.0 Å². The molecule has 1 aromatic heterocycles. The number of carbonyl (C=O) groups is 2. The van der Waals surface area contributed by atoms with Gasteiger partial charge < -0.3 is 10.1 Å². The molecule has 0 radical (unpaired) electrons. The fourth-order valence-corrected chi connectivity index (χ4v) is 5.75. The number of fused-ring (bicyclic) bond motifs is 1. The largest absolute Gasteiger partial charge is 0.383 e. The molecule has 0 fully saturated rings. The molecule has 1 unspecified atom stereocenters. The van der Waals surface area contributed by atoms with E-state index in [0.29, 0.717) is 24.7 Å². The van der Waals surface area contributed by atoms with Crippen molar-refractivity contribution in [3.63, 3.8) is 0 Å². The molecular formula is C28H33FN4O3S. The number of halogens is 1. The lowest BCUT2D eigenvalue weighted by Crippen LogP contribution is -2.43. The van der Waals surface area contributed by atoms with Gasteiger partial charge in [0, 0.05) is 24.6 Å². The van der Waals surface area contributed by atoms with Crippen LogP contribution in [0.3, 0.4) is 0 Å². The van der Waals surface area contributed by atoms with Crippen LogP contribution in [0, 0.1) is 12.7 Å². The van der Waals surface area contributed by atoms with Crippen molar-refractivity contribution in [1.29, 1.82) is 0 Å². The highest BCUT2D eigenvalue weighted by molar-refractivity contribution is 8.00. The number of hydrogen-bond donors (Lipinski definition) is 1. The lowest BCUT2D eigenvalue weighted by molar-refractivity contribution is -0.123. The van der Waals surface area contributed by atoms with Crippen LogP contribution < -0.4 is 10.2 Å². The summed E-state index contributed by atoms with van der Waals surface area (Å²) in [5.74, 6) is -0.0993. The zero-order valence-corrected chi connectivity index (χ0v) is 22.7. The smallest absolute Gasteiger partial charge is 0.240 e. The van der Waals surface area contributed by atoms with Crippen LogP contribution in [0.1, 0.15) is 48.4 Å². The molecule has 0 saturated heterocycles. The van der Waals surface area contributed by atoms with Crippen molar-refractivity contribution >= 4 is 29.4 Å². The van der Waals surface area contributed by atoms with Gasteiger partial charge in [-0.25, -0.2) is 9.07 Å². The van der Waals surface area contributed by atoms with Crippen molar-refractivity contribution in [2.75, 3.05) is 37.5 Å². The SMILES string of the molecule is COCCNC(=O)CN1C(=O)CSC(c2ccccc2C)c2c(C(C)(C)C)nn(-c3ccc(F)cc3)c21. The van der Waals surface area contributed by atoms with E-state index in [2.05, 4.69) is 45.1 Å². The van der Waals surface area contributed by atoms with Crippen molar-refractivity contribution < 1.29 is 18.7 Å². The van der Waals surface area contributed by atoms with Crippen LogP contribution in [-0.2, 0) is 19.7 Å². The van der Waals surface area contributed by atoms with Crippen LogP contribution in [0.2, 0.25) is 0 Å². The summed E-state index contributed by atoms with van der Waals surface area (Å²) >= 11 is 1.54. The first kappa shape index (κ1) is 26.9. The number of nitrogens with one attached hydrogen (secondary N) is 1. The maximum Gasteiger partial charge on any atom is 0.240 e. The number of benzene rings is 2. The molecule has 1 aliphatic heterocycles. The lowest BCUT2D eigenvalue weighted by atomic mass is 9.86. The van der Waals surface area contributed by atoms with E-state index in [1.165, 1.54) is 28.8 Å². The minimum atomic E-state index is -0.364. The summed E-state index contributed by atoms with van der Waals surface area (Å²) in [5, 5.41) is 7.65. The average Bonchev–Trinajstić information content (AvgIpc) is 3.19. The van der Waals surface area contributed by atoms with Gasteiger partial charge in [0.2, 0.25) is 11.8 Å². The second-order valence-corrected chi connectivity index (χ2v) is 11.2. The van der Waals surface area contributed by atoms with Crippen LogP contribution in [0.5, 0.6) is 0 Å². The Bertz CT molecular complexity index is 1280. The summed E-state index contributed by atoms with van der Waals surface area (Å²) in [5.41, 5.74) is 4.17. The topological polar surface area (TPSA) is 76.5 Å². The van der Waals surface area contributed by atoms with Crippen molar-refractivity contribution in [2.45, 2.75) is 38.4 Å². The number of ether oxygens (including phenoxy) is 1. The maximum absolute atomic E-state index is 13.8. The molecule has 2 amide bonds. The van der Waals surface area contributed by atoms with E-state index in [1.807, 2.05) is 12.1 Å². The van der Waals surface area contributed by atoms with Crippen LogP contribution >= 0.6 is 11.8 Å². The standard InChI is InChI=1S/C28H33FN4O3S/c1-18-8-6-7-9-21(18)25-24-26(28(2,3)4)31-33(20-12-10-19(29)11-13-20)27(24)32(23(35)17-37-25)16-22(34)30-14-15-36-5/h6-13,25H,14-17H2,1-5H3,(H,30,34). The number of aromatic nitrogens is 2. The summed E-state index contributed by atoms with van der Waals surface area (Å²) < 4.78 is 20.6. The molecule has 0 aliphatic carbocycles. The van der Waals surface area contributed by atoms with Crippen molar-refractivity contribution in [1.82, 2.24) is 15.1 Å². The molecule has 2 aromatic carbocycles. The van der Waals surface area contributed by atoms with Crippen molar-refractivity contribution in [2.24, 2.45) is 0 Å². The number of anilines is 1. The summed E-state index contributed by atoms with van der Waals surface area (Å²) in [6.07, 6.45) is 0. The van der Waals surface area contributed by atoms with E-state index < -0.39 is 0 Å². The summed E-state index contributed by atoms with van der Waals surface area (Å²) in [4.78, 5) is 28.0. The fraction of sp³-hybridized carbons (Fsp3) is 0.393. The predicted octanol–water partition coefficient (Wildman–Crippen LogP) is 4.55. The molecule has 1 N–H and O–H groups in total. The van der Waals surface area contributed by atoms with Crippen molar-refractivity contribution in [3.05, 3.63) is 76.7 Å². The number of rotatable bonds is 7. The molecule has 196 valence electrons. The van der Waals surface area contributed by atoms with Gasteiger partial charge in [0.05, 0.1) is 29.0 Å². The quantitative estimate of drug-likeness (QED) is 0.459. The third-order valence-electron chi connectivity index (χ3n) is 6.27. The van der Waals surface area contributed by atoms with Gasteiger partial charge in [-0.1, -0.05) is 45.0 Å². The Balaban J connectivity index is 1.96. The summed E-state index contributed by atoms with van der Waals surface area (Å²) in [6, 6.07) is 14.1. The zero-order chi connectivity index (χ0) is 26.7. The van der Waals surface area contributed by atoms with Crippen molar-refractivity contribution in [3.8, 4) is 5.69 Å². The number of thioether (sulfide) groups is 1. The zero-order valence-electron chi connectivity index (χ0n) is 21.9. The van der Waals surface area contributed by atoms with E-state index in [4.69, 9.17) is 9.84 Å². The monoisotopic (exact) mass is 524 g/mol. The number of nitrogens with zero attached hydrogens (tertiary/aromatic N) is 3. The molecule has 1 aliphatic rings. The number of amides is 2. The molecule has 3 aromatic rings. The van der Waals surface area contributed by atoms with E-state index >= 15 is 0 Å². The second kappa shape index (κ2) is 11.1. The molecule has 7 nitrogen and oxygen atoms in total. The van der Waals surface area contributed by atoms with E-state index in [1.54, 1.807) is 23.9 Å². The first-order valence-corrected chi connectivity index (χ1v) is 13.3. The Hall–Kier alpha value is -3.17. The van der Waals surface area contributed by atoms with Gasteiger partial charge in [-0.05, 0) is 42.3 Å². The maximum atomic E-state index is 13.8. The Labute approximate surface area is 221 Å². The number of aryl methyl sites for hydroxylation is 1. The van der Waals surface area contributed by atoms with Crippen LogP contribution in [0.25, 0.3) is 5.69 Å². The minimum absolute atomic E-state index is 0.160. The Morgan fingerprint density at radius 1 is 1.19 bits per heavy atom. The summed E-state index contributed by atoms with van der Waals surface area (Å²) in [6.45, 7) is 8.86. The van der Waals surface area contributed by atoms with E-state index in [-0.39, 0.29) is 40.6 Å². The number of carbonyl (C=O) groups excluding carboxylic acids is 2. The molecule has 1 atom stereocenters. The van der Waals surface area contributed by atoms with Crippen LogP contribution in [0.4, 0.5) is 10.2 Å². The highest BCUT2D eigenvalue weighted by atomic mass is 32.2. The number of methoxy groups -OCH3 is 1. The molecule has 9 heteroatoms. The predicted molar refractivity (Wildman–Crippen MR) is 145 cm³/mol. The van der Waals surface area contributed by atoms with E-state index in [0.717, 1.165) is 22.4 Å². The average molecular weight is 525 g/mol. The fourth-order valence-electron chi connectivity index (χ4n) is 4.45. The number of hydrogen-bond acceptors (Lipinski definition) is 5. The highest BCUT2D eigenvalue weighted by Crippen LogP contribution is 2.49. The Morgan fingerprint density at radius 3 is 2.54 bits per heavy atom. The Kier molecular flexibility index (Phi) is 8.04. The second-order valence-electron chi connectivity index (χ2n) is 10.1. The molecule has 2 heterocycles.